The molecule has 3 aliphatic rings. The van der Waals surface area contributed by atoms with Gasteiger partial charge in [0.2, 0.25) is 5.91 Å². The van der Waals surface area contributed by atoms with E-state index in [1.54, 1.807) is 0 Å². The predicted molar refractivity (Wildman–Crippen MR) is 91.9 cm³/mol. The summed E-state index contributed by atoms with van der Waals surface area (Å²) < 4.78 is 5.52. The molecule has 0 heterocycles. The molecule has 0 saturated heterocycles. The molecule has 2 atom stereocenters. The second-order valence-electron chi connectivity index (χ2n) is 8.22. The number of rotatable bonds is 7. The highest BCUT2D eigenvalue weighted by Crippen LogP contribution is 2.44. The fourth-order valence-corrected chi connectivity index (χ4v) is 5.05. The van der Waals surface area contributed by atoms with E-state index in [0.29, 0.717) is 23.3 Å². The van der Waals surface area contributed by atoms with Gasteiger partial charge < -0.3 is 15.8 Å². The van der Waals surface area contributed by atoms with Gasteiger partial charge in [-0.3, -0.25) is 4.79 Å². The van der Waals surface area contributed by atoms with Crippen LogP contribution in [0.4, 0.5) is 0 Å². The summed E-state index contributed by atoms with van der Waals surface area (Å²) in [6.07, 6.45) is 10.6. The first kappa shape index (κ1) is 17.2. The van der Waals surface area contributed by atoms with Gasteiger partial charge in [0.15, 0.2) is 0 Å². The summed E-state index contributed by atoms with van der Waals surface area (Å²) in [6, 6.07) is 0.344. The van der Waals surface area contributed by atoms with Crippen molar-refractivity contribution in [3.8, 4) is 0 Å². The van der Waals surface area contributed by atoms with Crippen molar-refractivity contribution in [1.29, 1.82) is 0 Å². The van der Waals surface area contributed by atoms with E-state index in [9.17, 15) is 4.79 Å². The molecule has 3 rings (SSSR count). The highest BCUT2D eigenvalue weighted by molar-refractivity contribution is 5.78. The Bertz CT molecular complexity index is 394. The third-order valence-electron chi connectivity index (χ3n) is 6.82. The normalized spacial score (nSPS) is 35.4. The van der Waals surface area contributed by atoms with Gasteiger partial charge in [0.1, 0.15) is 0 Å². The Morgan fingerprint density at radius 3 is 2.48 bits per heavy atom. The standard InChI is InChI=1S/C19H34N2O2/c1-2-23-10-9-19(7-4-8-19)13-21-18(22)16-11-14-5-3-6-15(12-16)17(14)20/h14-17H,2-13,20H2,1H3,(H,21,22). The molecular weight excluding hydrogens is 288 g/mol. The molecule has 0 aromatic rings. The number of nitrogens with two attached hydrogens (primary N) is 1. The molecule has 3 fully saturated rings. The van der Waals surface area contributed by atoms with Gasteiger partial charge in [-0.25, -0.2) is 0 Å². The van der Waals surface area contributed by atoms with Crippen molar-refractivity contribution in [2.24, 2.45) is 28.9 Å². The number of amides is 1. The third kappa shape index (κ3) is 3.90. The lowest BCUT2D eigenvalue weighted by Crippen LogP contribution is -2.50. The van der Waals surface area contributed by atoms with Crippen LogP contribution >= 0.6 is 0 Å². The first-order valence-electron chi connectivity index (χ1n) is 9.74. The topological polar surface area (TPSA) is 64.3 Å². The maximum atomic E-state index is 12.7. The van der Waals surface area contributed by atoms with E-state index in [0.717, 1.165) is 39.0 Å². The van der Waals surface area contributed by atoms with Crippen LogP contribution in [0.3, 0.4) is 0 Å². The lowest BCUT2D eigenvalue weighted by Gasteiger charge is -2.45. The van der Waals surface area contributed by atoms with E-state index in [4.69, 9.17) is 10.5 Å². The van der Waals surface area contributed by atoms with E-state index in [1.165, 1.54) is 38.5 Å². The average Bonchev–Trinajstić information content (AvgIpc) is 2.48. The zero-order chi connectivity index (χ0) is 16.3. The first-order valence-corrected chi connectivity index (χ1v) is 9.74. The molecule has 4 heteroatoms. The highest BCUT2D eigenvalue weighted by atomic mass is 16.5. The minimum absolute atomic E-state index is 0.203. The number of carbonyl (C=O) groups excluding carboxylic acids is 1. The summed E-state index contributed by atoms with van der Waals surface area (Å²) in [5.74, 6) is 1.65. The van der Waals surface area contributed by atoms with Gasteiger partial charge in [-0.05, 0) is 69.1 Å². The lowest BCUT2D eigenvalue weighted by atomic mass is 9.64. The molecule has 132 valence electrons. The number of nitrogens with one attached hydrogen (secondary N) is 1. The van der Waals surface area contributed by atoms with Crippen molar-refractivity contribution in [3.05, 3.63) is 0 Å². The van der Waals surface area contributed by atoms with Gasteiger partial charge >= 0.3 is 0 Å². The minimum Gasteiger partial charge on any atom is -0.382 e. The van der Waals surface area contributed by atoms with Crippen LogP contribution in [0.1, 0.15) is 64.7 Å². The van der Waals surface area contributed by atoms with Crippen molar-refractivity contribution in [2.75, 3.05) is 19.8 Å². The summed E-state index contributed by atoms with van der Waals surface area (Å²) in [5.41, 5.74) is 6.65. The maximum absolute atomic E-state index is 12.7. The predicted octanol–water partition coefficient (Wildman–Crippen LogP) is 2.85. The second-order valence-corrected chi connectivity index (χ2v) is 8.22. The van der Waals surface area contributed by atoms with Crippen LogP contribution in [0.25, 0.3) is 0 Å². The number of hydrogen-bond acceptors (Lipinski definition) is 3. The van der Waals surface area contributed by atoms with Crippen molar-refractivity contribution < 1.29 is 9.53 Å². The Balaban J connectivity index is 1.47. The van der Waals surface area contributed by atoms with Crippen molar-refractivity contribution >= 4 is 5.91 Å². The number of carbonyl (C=O) groups is 1. The summed E-state index contributed by atoms with van der Waals surface area (Å²) >= 11 is 0. The smallest absolute Gasteiger partial charge is 0.223 e. The van der Waals surface area contributed by atoms with Crippen LogP contribution in [0, 0.1) is 23.2 Å². The molecule has 0 radical (unpaired) electrons. The fourth-order valence-electron chi connectivity index (χ4n) is 5.05. The molecule has 1 amide bonds. The minimum atomic E-state index is 0.203. The van der Waals surface area contributed by atoms with Crippen molar-refractivity contribution in [3.63, 3.8) is 0 Å². The van der Waals surface area contributed by atoms with Gasteiger partial charge in [0.05, 0.1) is 0 Å². The highest BCUT2D eigenvalue weighted by Gasteiger charge is 2.42. The zero-order valence-corrected chi connectivity index (χ0v) is 14.7. The van der Waals surface area contributed by atoms with Crippen molar-refractivity contribution in [1.82, 2.24) is 5.32 Å². The molecule has 0 aromatic carbocycles. The molecule has 2 unspecified atom stereocenters. The molecule has 0 spiro atoms. The average molecular weight is 322 g/mol. The van der Waals surface area contributed by atoms with Crippen LogP contribution in [-0.2, 0) is 9.53 Å². The summed E-state index contributed by atoms with van der Waals surface area (Å²) in [5, 5.41) is 3.29. The quantitative estimate of drug-likeness (QED) is 0.708. The molecule has 0 aromatic heterocycles. The Labute approximate surface area is 140 Å². The second kappa shape index (κ2) is 7.52. The zero-order valence-electron chi connectivity index (χ0n) is 14.7. The van der Waals surface area contributed by atoms with Crippen LogP contribution in [0.15, 0.2) is 0 Å². The molecule has 3 aliphatic carbocycles. The molecule has 0 aliphatic heterocycles. The molecule has 23 heavy (non-hydrogen) atoms. The van der Waals surface area contributed by atoms with E-state index in [1.807, 2.05) is 6.92 Å². The fraction of sp³-hybridized carbons (Fsp3) is 0.947. The van der Waals surface area contributed by atoms with Crippen LogP contribution < -0.4 is 11.1 Å². The Morgan fingerprint density at radius 2 is 1.91 bits per heavy atom. The first-order chi connectivity index (χ1) is 11.1. The number of hydrogen-bond donors (Lipinski definition) is 2. The number of fused-ring (bicyclic) bond motifs is 2. The van der Waals surface area contributed by atoms with Crippen LogP contribution in [-0.4, -0.2) is 31.7 Å². The van der Waals surface area contributed by atoms with Gasteiger partial charge in [0, 0.05) is 31.7 Å². The van der Waals surface area contributed by atoms with Crippen LogP contribution in [0.5, 0.6) is 0 Å². The van der Waals surface area contributed by atoms with E-state index < -0.39 is 0 Å². The summed E-state index contributed by atoms with van der Waals surface area (Å²) in [4.78, 5) is 12.7. The molecule has 3 saturated carbocycles. The summed E-state index contributed by atoms with van der Waals surface area (Å²) in [7, 11) is 0. The van der Waals surface area contributed by atoms with E-state index in [-0.39, 0.29) is 11.8 Å². The Morgan fingerprint density at radius 1 is 1.22 bits per heavy atom. The SMILES string of the molecule is CCOCCC1(CNC(=O)C2CC3CCCC(C2)C3N)CCC1. The monoisotopic (exact) mass is 322 g/mol. The van der Waals surface area contributed by atoms with Gasteiger partial charge in [-0.15, -0.1) is 0 Å². The Hall–Kier alpha value is -0.610. The molecule has 2 bridgehead atoms. The van der Waals surface area contributed by atoms with Crippen molar-refractivity contribution in [2.45, 2.75) is 70.8 Å². The molecule has 3 N–H and O–H groups in total. The summed E-state index contributed by atoms with van der Waals surface area (Å²) in [6.45, 7) is 4.50. The van der Waals surface area contributed by atoms with Crippen LogP contribution in [0.2, 0.25) is 0 Å². The third-order valence-corrected chi connectivity index (χ3v) is 6.82. The Kier molecular flexibility index (Phi) is 5.63. The van der Waals surface area contributed by atoms with E-state index >= 15 is 0 Å². The van der Waals surface area contributed by atoms with Gasteiger partial charge in [0.25, 0.3) is 0 Å². The van der Waals surface area contributed by atoms with E-state index in [2.05, 4.69) is 5.32 Å². The molecule has 4 nitrogen and oxygen atoms in total. The number of ether oxygens (including phenoxy) is 1. The molecular formula is C19H34N2O2. The largest absolute Gasteiger partial charge is 0.382 e. The maximum Gasteiger partial charge on any atom is 0.223 e. The lowest BCUT2D eigenvalue weighted by molar-refractivity contribution is -0.129. The van der Waals surface area contributed by atoms with Gasteiger partial charge in [-0.2, -0.15) is 0 Å². The van der Waals surface area contributed by atoms with Gasteiger partial charge in [-0.1, -0.05) is 12.8 Å².